The smallest absolute Gasteiger partial charge is 0.284 e. The Balaban J connectivity index is 1.75. The van der Waals surface area contributed by atoms with E-state index in [1.165, 1.54) is 24.3 Å². The molecule has 0 radical (unpaired) electrons. The van der Waals surface area contributed by atoms with Crippen LogP contribution in [0.15, 0.2) is 48.5 Å². The van der Waals surface area contributed by atoms with Gasteiger partial charge in [0.25, 0.3) is 0 Å². The molecule has 0 aliphatic heterocycles. The van der Waals surface area contributed by atoms with Crippen LogP contribution < -0.4 is 9.78 Å². The summed E-state index contributed by atoms with van der Waals surface area (Å²) < 4.78 is 0. The third-order valence-corrected chi connectivity index (χ3v) is 2.54. The minimum atomic E-state index is -1.16. The maximum atomic E-state index is 11.2. The maximum absolute atomic E-state index is 11.2. The molecule has 0 N–H and O–H groups in total. The second kappa shape index (κ2) is 6.88. The van der Waals surface area contributed by atoms with E-state index >= 15 is 0 Å². The van der Waals surface area contributed by atoms with E-state index in [0.29, 0.717) is 10.0 Å². The predicted molar refractivity (Wildman–Crippen MR) is 71.7 cm³/mol. The van der Waals surface area contributed by atoms with Crippen molar-refractivity contribution in [1.82, 2.24) is 0 Å². The van der Waals surface area contributed by atoms with E-state index in [0.717, 1.165) is 0 Å². The van der Waals surface area contributed by atoms with Crippen molar-refractivity contribution in [2.45, 2.75) is 0 Å². The Morgan fingerprint density at radius 1 is 0.700 bits per heavy atom. The van der Waals surface area contributed by atoms with Crippen LogP contribution in [0.4, 0.5) is 4.79 Å². The molecule has 104 valence electrons. The topological polar surface area (TPSA) is 54.0 Å². The molecule has 0 amide bonds. The summed E-state index contributed by atoms with van der Waals surface area (Å²) in [5, 5.41) is 1.07. The number of carbonyl (C=O) groups is 1. The van der Waals surface area contributed by atoms with Crippen LogP contribution in [0.5, 0.6) is 11.5 Å². The molecule has 2 aromatic rings. The van der Waals surface area contributed by atoms with Crippen molar-refractivity contribution in [2.75, 3.05) is 0 Å². The highest BCUT2D eigenvalue weighted by Gasteiger charge is 2.09. The summed E-state index contributed by atoms with van der Waals surface area (Å²) in [6.07, 6.45) is -1.16. The number of halogens is 2. The number of carbonyl (C=O) groups excluding carboxylic acids is 1. The minimum absolute atomic E-state index is 0.290. The van der Waals surface area contributed by atoms with Crippen LogP contribution in [0, 0.1) is 0 Å². The van der Waals surface area contributed by atoms with Gasteiger partial charge in [0.2, 0.25) is 0 Å². The second-order valence-electron chi connectivity index (χ2n) is 3.49. The average Bonchev–Trinajstić information content (AvgIpc) is 2.46. The molecule has 0 aliphatic rings. The van der Waals surface area contributed by atoms with Gasteiger partial charge in [-0.1, -0.05) is 23.2 Å². The minimum Gasteiger partial charge on any atom is -0.284 e. The van der Waals surface area contributed by atoms with Gasteiger partial charge in [0, 0.05) is 10.0 Å². The summed E-state index contributed by atoms with van der Waals surface area (Å²) in [5.74, 6) is 0.579. The normalized spacial score (nSPS) is 9.70. The highest BCUT2D eigenvalue weighted by molar-refractivity contribution is 6.30. The third-order valence-electron chi connectivity index (χ3n) is 2.04. The molecule has 7 heteroatoms. The fourth-order valence-electron chi connectivity index (χ4n) is 1.16. The van der Waals surface area contributed by atoms with Crippen LogP contribution in [0.25, 0.3) is 0 Å². The lowest BCUT2D eigenvalue weighted by Gasteiger charge is -2.05. The first-order valence-electron chi connectivity index (χ1n) is 5.37. The first kappa shape index (κ1) is 14.3. The molecule has 5 nitrogen and oxygen atoms in total. The summed E-state index contributed by atoms with van der Waals surface area (Å²) in [4.78, 5) is 29.3. The van der Waals surface area contributed by atoms with Crippen LogP contribution in [-0.4, -0.2) is 6.16 Å². The summed E-state index contributed by atoms with van der Waals surface area (Å²) in [6, 6.07) is 12.4. The quantitative estimate of drug-likeness (QED) is 0.617. The zero-order valence-electron chi connectivity index (χ0n) is 9.92. The molecule has 20 heavy (non-hydrogen) atoms. The standard InChI is InChI=1S/C13H8Cl2O5/c14-9-1-5-11(6-2-9)17-19-13(16)20-18-12-7-3-10(15)4-8-12/h1-8H. The van der Waals surface area contributed by atoms with Gasteiger partial charge in [-0.25, -0.2) is 9.78 Å². The van der Waals surface area contributed by atoms with E-state index in [1.54, 1.807) is 24.3 Å². The summed E-state index contributed by atoms with van der Waals surface area (Å²) in [5.41, 5.74) is 0. The Kier molecular flexibility index (Phi) is 4.92. The molecule has 0 fully saturated rings. The van der Waals surface area contributed by atoms with Crippen molar-refractivity contribution in [1.29, 1.82) is 0 Å². The number of benzene rings is 2. The lowest BCUT2D eigenvalue weighted by Crippen LogP contribution is -2.12. The molecular formula is C13H8Cl2O5. The van der Waals surface area contributed by atoms with Crippen molar-refractivity contribution in [3.8, 4) is 11.5 Å². The molecule has 0 heterocycles. The van der Waals surface area contributed by atoms with E-state index in [9.17, 15) is 4.79 Å². The molecule has 2 aromatic carbocycles. The first-order chi connectivity index (χ1) is 9.63. The molecule has 0 spiro atoms. The fraction of sp³-hybridized carbons (Fsp3) is 0. The average molecular weight is 315 g/mol. The Hall–Kier alpha value is -2.11. The van der Waals surface area contributed by atoms with Crippen molar-refractivity contribution in [2.24, 2.45) is 0 Å². The van der Waals surface area contributed by atoms with Crippen LogP contribution in [0.2, 0.25) is 10.0 Å². The lowest BCUT2D eigenvalue weighted by molar-refractivity contribution is -0.236. The SMILES string of the molecule is O=C(OOc1ccc(Cl)cc1)OOc1ccc(Cl)cc1. The zero-order chi connectivity index (χ0) is 14.4. The molecule has 2 rings (SSSR count). The maximum Gasteiger partial charge on any atom is 0.591 e. The number of rotatable bonds is 4. The van der Waals surface area contributed by atoms with Crippen LogP contribution in [0.3, 0.4) is 0 Å². The van der Waals surface area contributed by atoms with Gasteiger partial charge in [0.15, 0.2) is 11.5 Å². The summed E-state index contributed by atoms with van der Waals surface area (Å²) >= 11 is 11.4. The Morgan fingerprint density at radius 2 is 1.05 bits per heavy atom. The van der Waals surface area contributed by atoms with E-state index in [4.69, 9.17) is 33.0 Å². The Morgan fingerprint density at radius 3 is 1.40 bits per heavy atom. The van der Waals surface area contributed by atoms with Crippen molar-refractivity contribution >= 4 is 29.4 Å². The van der Waals surface area contributed by atoms with Gasteiger partial charge >= 0.3 is 6.16 Å². The molecule has 0 saturated carbocycles. The molecule has 0 aliphatic carbocycles. The molecule has 0 aromatic heterocycles. The lowest BCUT2D eigenvalue weighted by atomic mass is 10.3. The summed E-state index contributed by atoms with van der Waals surface area (Å²) in [7, 11) is 0. The van der Waals surface area contributed by atoms with Crippen molar-refractivity contribution in [3.05, 3.63) is 58.6 Å². The van der Waals surface area contributed by atoms with Gasteiger partial charge in [-0.05, 0) is 48.5 Å². The van der Waals surface area contributed by atoms with Gasteiger partial charge < -0.3 is 0 Å². The molecule has 0 atom stereocenters. The van der Waals surface area contributed by atoms with Crippen molar-refractivity contribution < 1.29 is 24.3 Å². The monoisotopic (exact) mass is 314 g/mol. The predicted octanol–water partition coefficient (Wildman–Crippen LogP) is 4.43. The Bertz CT molecular complexity index is 517. The highest BCUT2D eigenvalue weighted by atomic mass is 35.5. The zero-order valence-corrected chi connectivity index (χ0v) is 11.4. The molecule has 0 bridgehead atoms. The highest BCUT2D eigenvalue weighted by Crippen LogP contribution is 2.17. The van der Waals surface area contributed by atoms with Gasteiger partial charge in [-0.15, -0.1) is 0 Å². The van der Waals surface area contributed by atoms with Gasteiger partial charge in [-0.2, -0.15) is 4.79 Å². The van der Waals surface area contributed by atoms with Crippen LogP contribution in [-0.2, 0) is 9.78 Å². The van der Waals surface area contributed by atoms with E-state index in [-0.39, 0.29) is 11.5 Å². The largest absolute Gasteiger partial charge is 0.591 e. The Labute approximate surface area is 124 Å². The summed E-state index contributed by atoms with van der Waals surface area (Å²) in [6.45, 7) is 0. The van der Waals surface area contributed by atoms with Gasteiger partial charge in [-0.3, -0.25) is 9.78 Å². The second-order valence-corrected chi connectivity index (χ2v) is 4.36. The van der Waals surface area contributed by atoms with Gasteiger partial charge in [0.1, 0.15) is 0 Å². The molecule has 0 unspecified atom stereocenters. The van der Waals surface area contributed by atoms with E-state index in [2.05, 4.69) is 9.78 Å². The van der Waals surface area contributed by atoms with Crippen molar-refractivity contribution in [3.63, 3.8) is 0 Å². The first-order valence-corrected chi connectivity index (χ1v) is 6.13. The fourth-order valence-corrected chi connectivity index (χ4v) is 1.41. The van der Waals surface area contributed by atoms with Crippen LogP contribution >= 0.6 is 23.2 Å². The molecular weight excluding hydrogens is 307 g/mol. The molecule has 0 saturated heterocycles. The third kappa shape index (κ3) is 4.53. The number of hydrogen-bond acceptors (Lipinski definition) is 5. The van der Waals surface area contributed by atoms with E-state index < -0.39 is 6.16 Å². The van der Waals surface area contributed by atoms with Crippen LogP contribution in [0.1, 0.15) is 0 Å². The van der Waals surface area contributed by atoms with E-state index in [1.807, 2.05) is 0 Å². The van der Waals surface area contributed by atoms with Gasteiger partial charge in [0.05, 0.1) is 0 Å². The number of hydrogen-bond donors (Lipinski definition) is 0.